The van der Waals surface area contributed by atoms with Gasteiger partial charge in [0.2, 0.25) is 0 Å². The van der Waals surface area contributed by atoms with E-state index >= 15 is 0 Å². The standard InChI is InChI=1S/C24H30N6O2/c1-3-20-19(14-25)22-21(28-20)5-4-18(24-26-15(2)29-32-24)23(22)30-10-6-16(7-11-30)27-17-8-12-31-13-9-17/h4-5,16-17,27-28H,3,6-13H2,1-2H3. The maximum absolute atomic E-state index is 9.99. The van der Waals surface area contributed by atoms with Gasteiger partial charge >= 0.3 is 0 Å². The zero-order valence-electron chi connectivity index (χ0n) is 18.8. The topological polar surface area (TPSA) is 103 Å². The minimum Gasteiger partial charge on any atom is -0.381 e. The van der Waals surface area contributed by atoms with Gasteiger partial charge in [-0.1, -0.05) is 12.1 Å². The van der Waals surface area contributed by atoms with E-state index in [1.54, 1.807) is 0 Å². The Morgan fingerprint density at radius 1 is 1.19 bits per heavy atom. The van der Waals surface area contributed by atoms with Gasteiger partial charge in [-0.05, 0) is 51.2 Å². The molecule has 0 aliphatic carbocycles. The zero-order chi connectivity index (χ0) is 22.1. The van der Waals surface area contributed by atoms with Crippen molar-refractivity contribution in [2.45, 2.75) is 58.0 Å². The highest BCUT2D eigenvalue weighted by molar-refractivity contribution is 6.04. The third-order valence-corrected chi connectivity index (χ3v) is 6.74. The van der Waals surface area contributed by atoms with Crippen molar-refractivity contribution >= 4 is 16.6 Å². The van der Waals surface area contributed by atoms with Crippen LogP contribution in [0.15, 0.2) is 16.7 Å². The lowest BCUT2D eigenvalue weighted by molar-refractivity contribution is 0.0738. The number of aromatic nitrogens is 3. The monoisotopic (exact) mass is 434 g/mol. The second-order valence-electron chi connectivity index (χ2n) is 8.79. The highest BCUT2D eigenvalue weighted by Gasteiger charge is 2.28. The molecule has 5 rings (SSSR count). The first kappa shape index (κ1) is 21.0. The largest absolute Gasteiger partial charge is 0.381 e. The summed E-state index contributed by atoms with van der Waals surface area (Å²) in [5.74, 6) is 1.11. The fourth-order valence-corrected chi connectivity index (χ4v) is 5.09. The van der Waals surface area contributed by atoms with Crippen molar-refractivity contribution in [2.24, 2.45) is 0 Å². The van der Waals surface area contributed by atoms with E-state index in [1.807, 2.05) is 19.1 Å². The average molecular weight is 435 g/mol. The van der Waals surface area contributed by atoms with Crippen LogP contribution in [0.3, 0.4) is 0 Å². The molecule has 2 N–H and O–H groups in total. The van der Waals surface area contributed by atoms with Gasteiger partial charge in [0, 0.05) is 55.0 Å². The highest BCUT2D eigenvalue weighted by Crippen LogP contribution is 2.40. The van der Waals surface area contributed by atoms with Crippen LogP contribution in [0.2, 0.25) is 0 Å². The minimum absolute atomic E-state index is 0.505. The molecule has 0 bridgehead atoms. The summed E-state index contributed by atoms with van der Waals surface area (Å²) in [4.78, 5) is 10.3. The number of H-pyrrole nitrogens is 1. The third kappa shape index (κ3) is 3.87. The molecule has 4 heterocycles. The number of hydrogen-bond donors (Lipinski definition) is 2. The van der Waals surface area contributed by atoms with Crippen LogP contribution < -0.4 is 10.2 Å². The van der Waals surface area contributed by atoms with Gasteiger partial charge in [0.25, 0.3) is 5.89 Å². The zero-order valence-corrected chi connectivity index (χ0v) is 18.8. The van der Waals surface area contributed by atoms with E-state index in [4.69, 9.17) is 9.26 Å². The summed E-state index contributed by atoms with van der Waals surface area (Å²) in [6.45, 7) is 7.44. The molecular weight excluding hydrogens is 404 g/mol. The van der Waals surface area contributed by atoms with Gasteiger partial charge in [-0.2, -0.15) is 10.2 Å². The predicted octanol–water partition coefficient (Wildman–Crippen LogP) is 3.70. The van der Waals surface area contributed by atoms with E-state index in [9.17, 15) is 5.26 Å². The lowest BCUT2D eigenvalue weighted by Crippen LogP contribution is -2.47. The molecule has 1 aromatic carbocycles. The number of hydrogen-bond acceptors (Lipinski definition) is 7. The SMILES string of the molecule is CCc1[nH]c2ccc(-c3nc(C)no3)c(N3CCC(NC4CCOCC4)CC3)c2c1C#N. The number of ether oxygens (including phenoxy) is 1. The van der Waals surface area contributed by atoms with E-state index in [1.165, 1.54) is 0 Å². The van der Waals surface area contributed by atoms with Crippen LogP contribution in [0.1, 0.15) is 49.7 Å². The van der Waals surface area contributed by atoms with E-state index in [2.05, 4.69) is 38.3 Å². The fraction of sp³-hybridized carbons (Fsp3) is 0.542. The third-order valence-electron chi connectivity index (χ3n) is 6.74. The van der Waals surface area contributed by atoms with Gasteiger partial charge in [0.1, 0.15) is 6.07 Å². The number of nitrogens with one attached hydrogen (secondary N) is 2. The summed E-state index contributed by atoms with van der Waals surface area (Å²) >= 11 is 0. The number of nitriles is 1. The Labute approximate surface area is 187 Å². The number of benzene rings is 1. The van der Waals surface area contributed by atoms with Crippen LogP contribution in [0.25, 0.3) is 22.4 Å². The summed E-state index contributed by atoms with van der Waals surface area (Å²) in [6, 6.07) is 7.57. The smallest absolute Gasteiger partial charge is 0.260 e. The molecule has 0 radical (unpaired) electrons. The van der Waals surface area contributed by atoms with Crippen molar-refractivity contribution in [3.63, 3.8) is 0 Å². The highest BCUT2D eigenvalue weighted by atomic mass is 16.5. The van der Waals surface area contributed by atoms with Gasteiger partial charge < -0.3 is 24.5 Å². The molecule has 0 unspecified atom stereocenters. The molecule has 0 amide bonds. The molecule has 0 spiro atoms. The predicted molar refractivity (Wildman–Crippen MR) is 123 cm³/mol. The summed E-state index contributed by atoms with van der Waals surface area (Å²) in [6.07, 6.45) is 5.08. The number of aryl methyl sites for hydroxylation is 2. The van der Waals surface area contributed by atoms with Crippen molar-refractivity contribution in [3.05, 3.63) is 29.2 Å². The minimum atomic E-state index is 0.505. The van der Waals surface area contributed by atoms with E-state index in [0.29, 0.717) is 23.8 Å². The summed E-state index contributed by atoms with van der Waals surface area (Å²) in [5, 5.41) is 18.8. The Morgan fingerprint density at radius 3 is 2.59 bits per heavy atom. The van der Waals surface area contributed by atoms with E-state index in [0.717, 1.165) is 91.8 Å². The number of nitrogens with zero attached hydrogens (tertiary/aromatic N) is 4. The van der Waals surface area contributed by atoms with Crippen molar-refractivity contribution in [2.75, 3.05) is 31.2 Å². The molecule has 2 aromatic heterocycles. The Hall–Kier alpha value is -2.89. The van der Waals surface area contributed by atoms with Gasteiger partial charge in [-0.3, -0.25) is 0 Å². The van der Waals surface area contributed by atoms with Gasteiger partial charge in [-0.15, -0.1) is 0 Å². The first-order valence-corrected chi connectivity index (χ1v) is 11.6. The molecule has 0 saturated carbocycles. The van der Waals surface area contributed by atoms with Crippen LogP contribution in [0, 0.1) is 18.3 Å². The number of piperidine rings is 1. The number of anilines is 1. The molecule has 0 atom stereocenters. The van der Waals surface area contributed by atoms with Crippen molar-refractivity contribution in [3.8, 4) is 17.5 Å². The van der Waals surface area contributed by atoms with Crippen LogP contribution >= 0.6 is 0 Å². The molecular formula is C24H30N6O2. The van der Waals surface area contributed by atoms with Crippen LogP contribution in [-0.2, 0) is 11.2 Å². The number of rotatable bonds is 5. The molecule has 8 heteroatoms. The number of fused-ring (bicyclic) bond motifs is 1. The molecule has 8 nitrogen and oxygen atoms in total. The Kier molecular flexibility index (Phi) is 5.85. The molecule has 2 fully saturated rings. The molecule has 3 aromatic rings. The average Bonchev–Trinajstić information content (AvgIpc) is 3.42. The van der Waals surface area contributed by atoms with Crippen LogP contribution in [0.4, 0.5) is 5.69 Å². The molecule has 2 saturated heterocycles. The summed E-state index contributed by atoms with van der Waals surface area (Å²) in [7, 11) is 0. The lowest BCUT2D eigenvalue weighted by Gasteiger charge is -2.37. The maximum atomic E-state index is 9.99. The molecule has 168 valence electrons. The normalized spacial score (nSPS) is 18.3. The van der Waals surface area contributed by atoms with Crippen LogP contribution in [-0.4, -0.2) is 53.5 Å². The van der Waals surface area contributed by atoms with E-state index in [-0.39, 0.29) is 0 Å². The molecule has 2 aliphatic rings. The first-order valence-electron chi connectivity index (χ1n) is 11.6. The lowest BCUT2D eigenvalue weighted by atomic mass is 9.97. The Balaban J connectivity index is 1.49. The van der Waals surface area contributed by atoms with Gasteiger partial charge in [0.05, 0.1) is 16.8 Å². The first-order chi connectivity index (χ1) is 15.7. The fourth-order valence-electron chi connectivity index (χ4n) is 5.09. The Bertz CT molecular complexity index is 1130. The van der Waals surface area contributed by atoms with Crippen molar-refractivity contribution in [1.29, 1.82) is 5.26 Å². The van der Waals surface area contributed by atoms with Crippen molar-refractivity contribution in [1.82, 2.24) is 20.4 Å². The quantitative estimate of drug-likeness (QED) is 0.631. The maximum Gasteiger partial charge on any atom is 0.260 e. The summed E-state index contributed by atoms with van der Waals surface area (Å²) < 4.78 is 11.1. The van der Waals surface area contributed by atoms with Crippen molar-refractivity contribution < 1.29 is 9.26 Å². The Morgan fingerprint density at radius 2 is 1.94 bits per heavy atom. The number of aromatic amines is 1. The summed E-state index contributed by atoms with van der Waals surface area (Å²) in [5.41, 5.74) is 4.60. The second kappa shape index (κ2) is 8.93. The van der Waals surface area contributed by atoms with Crippen LogP contribution in [0.5, 0.6) is 0 Å². The van der Waals surface area contributed by atoms with Gasteiger partial charge in [-0.25, -0.2) is 0 Å². The molecule has 2 aliphatic heterocycles. The molecule has 32 heavy (non-hydrogen) atoms. The second-order valence-corrected chi connectivity index (χ2v) is 8.79. The van der Waals surface area contributed by atoms with E-state index < -0.39 is 0 Å². The van der Waals surface area contributed by atoms with Gasteiger partial charge in [0.15, 0.2) is 5.82 Å².